The standard InChI is InChI=1S/C13H24N2O2/c1-11(17)14-6-2-3-12(9-14)10-15(7-8-16)13-4-5-13/h12-13,16H,2-10H2,1H3/t12-/m1/s1. The van der Waals surface area contributed by atoms with Gasteiger partial charge in [0, 0.05) is 39.1 Å². The number of rotatable bonds is 5. The molecule has 2 fully saturated rings. The second-order valence-electron chi connectivity index (χ2n) is 5.42. The number of likely N-dealkylation sites (tertiary alicyclic amines) is 1. The second-order valence-corrected chi connectivity index (χ2v) is 5.42. The van der Waals surface area contributed by atoms with E-state index in [2.05, 4.69) is 4.90 Å². The molecule has 0 spiro atoms. The number of nitrogens with zero attached hydrogens (tertiary/aromatic N) is 2. The third kappa shape index (κ3) is 3.68. The number of aliphatic hydroxyl groups is 1. The third-order valence-electron chi connectivity index (χ3n) is 3.91. The van der Waals surface area contributed by atoms with E-state index in [0.29, 0.717) is 12.0 Å². The molecular formula is C13H24N2O2. The minimum atomic E-state index is 0.204. The van der Waals surface area contributed by atoms with Crippen molar-refractivity contribution >= 4 is 5.91 Å². The molecule has 0 bridgehead atoms. The van der Waals surface area contributed by atoms with Gasteiger partial charge in [0.2, 0.25) is 5.91 Å². The van der Waals surface area contributed by atoms with E-state index >= 15 is 0 Å². The Morgan fingerprint density at radius 1 is 1.41 bits per heavy atom. The average Bonchev–Trinajstić information content (AvgIpc) is 3.13. The van der Waals surface area contributed by atoms with Gasteiger partial charge in [-0.3, -0.25) is 9.69 Å². The maximum Gasteiger partial charge on any atom is 0.219 e. The lowest BCUT2D eigenvalue weighted by atomic mass is 9.97. The van der Waals surface area contributed by atoms with E-state index in [1.54, 1.807) is 6.92 Å². The van der Waals surface area contributed by atoms with Crippen molar-refractivity contribution in [2.24, 2.45) is 5.92 Å². The van der Waals surface area contributed by atoms with Crippen molar-refractivity contribution in [3.05, 3.63) is 0 Å². The number of amides is 1. The molecule has 2 aliphatic rings. The van der Waals surface area contributed by atoms with Crippen LogP contribution in [-0.4, -0.2) is 59.6 Å². The topological polar surface area (TPSA) is 43.8 Å². The van der Waals surface area contributed by atoms with Gasteiger partial charge in [-0.1, -0.05) is 0 Å². The number of hydrogen-bond acceptors (Lipinski definition) is 3. The number of piperidine rings is 1. The van der Waals surface area contributed by atoms with Crippen molar-refractivity contribution in [1.29, 1.82) is 0 Å². The van der Waals surface area contributed by atoms with E-state index in [0.717, 1.165) is 32.6 Å². The Hall–Kier alpha value is -0.610. The molecule has 1 saturated heterocycles. The Kier molecular flexibility index (Phi) is 4.40. The van der Waals surface area contributed by atoms with Gasteiger partial charge in [-0.25, -0.2) is 0 Å². The van der Waals surface area contributed by atoms with Crippen molar-refractivity contribution < 1.29 is 9.90 Å². The van der Waals surface area contributed by atoms with Gasteiger partial charge < -0.3 is 10.0 Å². The predicted octanol–water partition coefficient (Wildman–Crippen LogP) is 0.702. The normalized spacial score (nSPS) is 25.4. The van der Waals surface area contributed by atoms with Crippen molar-refractivity contribution in [1.82, 2.24) is 9.80 Å². The van der Waals surface area contributed by atoms with Crippen LogP contribution in [0.3, 0.4) is 0 Å². The first-order chi connectivity index (χ1) is 8.20. The Balaban J connectivity index is 1.82. The summed E-state index contributed by atoms with van der Waals surface area (Å²) in [5.74, 6) is 0.801. The van der Waals surface area contributed by atoms with Crippen LogP contribution < -0.4 is 0 Å². The fourth-order valence-electron chi connectivity index (χ4n) is 2.82. The van der Waals surface area contributed by atoms with Crippen LogP contribution in [0.4, 0.5) is 0 Å². The van der Waals surface area contributed by atoms with Gasteiger partial charge in [-0.2, -0.15) is 0 Å². The van der Waals surface area contributed by atoms with Gasteiger partial charge in [0.15, 0.2) is 0 Å². The van der Waals surface area contributed by atoms with Crippen LogP contribution in [0.2, 0.25) is 0 Å². The Morgan fingerprint density at radius 3 is 2.76 bits per heavy atom. The molecule has 1 N–H and O–H groups in total. The Labute approximate surface area is 104 Å². The van der Waals surface area contributed by atoms with Crippen LogP contribution in [0.1, 0.15) is 32.6 Å². The Morgan fingerprint density at radius 2 is 2.18 bits per heavy atom. The van der Waals surface area contributed by atoms with Crippen molar-refractivity contribution in [2.75, 3.05) is 32.8 Å². The predicted molar refractivity (Wildman–Crippen MR) is 66.7 cm³/mol. The van der Waals surface area contributed by atoms with Gasteiger partial charge in [-0.05, 0) is 31.6 Å². The number of carbonyl (C=O) groups is 1. The molecule has 4 nitrogen and oxygen atoms in total. The lowest BCUT2D eigenvalue weighted by Gasteiger charge is -2.35. The van der Waals surface area contributed by atoms with E-state index in [1.807, 2.05) is 4.90 Å². The summed E-state index contributed by atoms with van der Waals surface area (Å²) in [5, 5.41) is 9.08. The smallest absolute Gasteiger partial charge is 0.219 e. The maximum atomic E-state index is 11.4. The van der Waals surface area contributed by atoms with Crippen LogP contribution >= 0.6 is 0 Å². The molecule has 17 heavy (non-hydrogen) atoms. The zero-order valence-corrected chi connectivity index (χ0v) is 10.8. The summed E-state index contributed by atoms with van der Waals surface area (Å²) in [4.78, 5) is 15.8. The number of carbonyl (C=O) groups excluding carboxylic acids is 1. The number of hydrogen-bond donors (Lipinski definition) is 1. The summed E-state index contributed by atoms with van der Waals surface area (Å²) in [6.07, 6.45) is 4.91. The highest BCUT2D eigenvalue weighted by Gasteiger charge is 2.31. The van der Waals surface area contributed by atoms with E-state index in [4.69, 9.17) is 5.11 Å². The van der Waals surface area contributed by atoms with E-state index in [1.165, 1.54) is 19.3 Å². The van der Waals surface area contributed by atoms with Crippen LogP contribution in [0.25, 0.3) is 0 Å². The zero-order chi connectivity index (χ0) is 12.3. The van der Waals surface area contributed by atoms with E-state index < -0.39 is 0 Å². The third-order valence-corrected chi connectivity index (χ3v) is 3.91. The average molecular weight is 240 g/mol. The van der Waals surface area contributed by atoms with Crippen LogP contribution in [0.5, 0.6) is 0 Å². The largest absolute Gasteiger partial charge is 0.395 e. The molecule has 0 aromatic rings. The summed E-state index contributed by atoms with van der Waals surface area (Å²) in [6.45, 7) is 5.59. The monoisotopic (exact) mass is 240 g/mol. The Bertz CT molecular complexity index is 266. The molecule has 1 aliphatic carbocycles. The lowest BCUT2D eigenvalue weighted by molar-refractivity contribution is -0.130. The van der Waals surface area contributed by atoms with E-state index in [-0.39, 0.29) is 12.5 Å². The van der Waals surface area contributed by atoms with Crippen LogP contribution in [-0.2, 0) is 4.79 Å². The molecule has 1 amide bonds. The molecule has 98 valence electrons. The highest BCUT2D eigenvalue weighted by atomic mass is 16.3. The summed E-state index contributed by atoms with van der Waals surface area (Å²) < 4.78 is 0. The minimum Gasteiger partial charge on any atom is -0.395 e. The highest BCUT2D eigenvalue weighted by Crippen LogP contribution is 2.28. The van der Waals surface area contributed by atoms with Crippen LogP contribution in [0.15, 0.2) is 0 Å². The molecule has 1 saturated carbocycles. The second kappa shape index (κ2) is 5.83. The molecule has 0 radical (unpaired) electrons. The van der Waals surface area contributed by atoms with Crippen molar-refractivity contribution in [3.8, 4) is 0 Å². The molecule has 0 unspecified atom stereocenters. The summed E-state index contributed by atoms with van der Waals surface area (Å²) in [7, 11) is 0. The first-order valence-corrected chi connectivity index (χ1v) is 6.81. The first-order valence-electron chi connectivity index (χ1n) is 6.81. The minimum absolute atomic E-state index is 0.204. The van der Waals surface area contributed by atoms with Crippen molar-refractivity contribution in [3.63, 3.8) is 0 Å². The molecular weight excluding hydrogens is 216 g/mol. The van der Waals surface area contributed by atoms with Crippen molar-refractivity contribution in [2.45, 2.75) is 38.6 Å². The molecule has 0 aromatic heterocycles. The molecule has 0 aromatic carbocycles. The molecule has 2 rings (SSSR count). The lowest BCUT2D eigenvalue weighted by Crippen LogP contribution is -2.44. The van der Waals surface area contributed by atoms with Gasteiger partial charge in [0.1, 0.15) is 0 Å². The first kappa shape index (κ1) is 12.8. The molecule has 4 heteroatoms. The van der Waals surface area contributed by atoms with E-state index in [9.17, 15) is 4.79 Å². The van der Waals surface area contributed by atoms with Crippen LogP contribution in [0, 0.1) is 5.92 Å². The van der Waals surface area contributed by atoms with Gasteiger partial charge >= 0.3 is 0 Å². The van der Waals surface area contributed by atoms with Gasteiger partial charge in [0.25, 0.3) is 0 Å². The molecule has 1 aliphatic heterocycles. The SMILES string of the molecule is CC(=O)N1CCC[C@@H](CN(CCO)C2CC2)C1. The maximum absolute atomic E-state index is 11.4. The molecule has 1 atom stereocenters. The fourth-order valence-corrected chi connectivity index (χ4v) is 2.82. The van der Waals surface area contributed by atoms with Gasteiger partial charge in [-0.15, -0.1) is 0 Å². The fraction of sp³-hybridized carbons (Fsp3) is 0.923. The quantitative estimate of drug-likeness (QED) is 0.769. The summed E-state index contributed by atoms with van der Waals surface area (Å²) in [6, 6.07) is 0.704. The number of aliphatic hydroxyl groups excluding tert-OH is 1. The molecule has 1 heterocycles. The highest BCUT2D eigenvalue weighted by molar-refractivity contribution is 5.73. The summed E-state index contributed by atoms with van der Waals surface area (Å²) >= 11 is 0. The summed E-state index contributed by atoms with van der Waals surface area (Å²) in [5.41, 5.74) is 0. The zero-order valence-electron chi connectivity index (χ0n) is 10.8. The van der Waals surface area contributed by atoms with Gasteiger partial charge in [0.05, 0.1) is 6.61 Å².